The lowest BCUT2D eigenvalue weighted by molar-refractivity contribution is 0.405. The Balaban J connectivity index is 2.24. The van der Waals surface area contributed by atoms with Crippen molar-refractivity contribution in [1.29, 1.82) is 0 Å². The van der Waals surface area contributed by atoms with Gasteiger partial charge >= 0.3 is 0 Å². The first kappa shape index (κ1) is 10.1. The van der Waals surface area contributed by atoms with E-state index in [1.54, 1.807) is 12.1 Å². The minimum atomic E-state index is -0.123. The molecule has 0 fully saturated rings. The second kappa shape index (κ2) is 3.75. The molecule has 3 aromatic rings. The zero-order valence-electron chi connectivity index (χ0n) is 8.79. The molecule has 4 heteroatoms. The third kappa shape index (κ3) is 1.62. The second-order valence-corrected chi connectivity index (χ2v) is 4.69. The zero-order chi connectivity index (χ0) is 11.8. The first-order valence-electron chi connectivity index (χ1n) is 5.12. The number of aromatic nitrogens is 1. The van der Waals surface area contributed by atoms with Crippen molar-refractivity contribution in [2.24, 2.45) is 0 Å². The van der Waals surface area contributed by atoms with Gasteiger partial charge in [-0.1, -0.05) is 18.2 Å². The van der Waals surface area contributed by atoms with Crippen LogP contribution < -0.4 is 0 Å². The minimum absolute atomic E-state index is 0.119. The quantitative estimate of drug-likeness (QED) is 0.644. The molecule has 3 rings (SSSR count). The molecule has 0 saturated heterocycles. The first-order valence-corrected chi connectivity index (χ1v) is 5.94. The van der Waals surface area contributed by atoms with Crippen molar-refractivity contribution in [3.8, 4) is 22.1 Å². The SMILES string of the molecule is Oc1cccc(-c2nc3ccccc3s2)c1O. The molecule has 17 heavy (non-hydrogen) atoms. The van der Waals surface area contributed by atoms with Crippen LogP contribution in [0.3, 0.4) is 0 Å². The van der Waals surface area contributed by atoms with Crippen molar-refractivity contribution in [2.45, 2.75) is 0 Å². The lowest BCUT2D eigenvalue weighted by Gasteiger charge is -2.01. The zero-order valence-corrected chi connectivity index (χ0v) is 9.61. The molecule has 84 valence electrons. The molecule has 0 bridgehead atoms. The van der Waals surface area contributed by atoms with E-state index in [-0.39, 0.29) is 11.5 Å². The normalized spacial score (nSPS) is 10.8. The van der Waals surface area contributed by atoms with Gasteiger partial charge in [-0.2, -0.15) is 0 Å². The molecule has 0 aliphatic heterocycles. The maximum Gasteiger partial charge on any atom is 0.167 e. The summed E-state index contributed by atoms with van der Waals surface area (Å²) < 4.78 is 1.06. The lowest BCUT2D eigenvalue weighted by atomic mass is 10.2. The van der Waals surface area contributed by atoms with Crippen LogP contribution in [-0.4, -0.2) is 15.2 Å². The third-order valence-corrected chi connectivity index (χ3v) is 3.61. The predicted octanol–water partition coefficient (Wildman–Crippen LogP) is 3.37. The number of nitrogens with zero attached hydrogens (tertiary/aromatic N) is 1. The second-order valence-electron chi connectivity index (χ2n) is 3.66. The summed E-state index contributed by atoms with van der Waals surface area (Å²) in [4.78, 5) is 4.43. The Labute approximate surface area is 102 Å². The molecule has 0 spiro atoms. The standard InChI is InChI=1S/C13H9NO2S/c15-10-6-3-4-8(12(10)16)13-14-9-5-1-2-7-11(9)17-13/h1-7,15-16H. The molecule has 0 unspecified atom stereocenters. The molecule has 0 amide bonds. The highest BCUT2D eigenvalue weighted by Gasteiger charge is 2.12. The van der Waals surface area contributed by atoms with Crippen LogP contribution in [0, 0.1) is 0 Å². The minimum Gasteiger partial charge on any atom is -0.504 e. The molecule has 1 heterocycles. The fourth-order valence-electron chi connectivity index (χ4n) is 1.69. The summed E-state index contributed by atoms with van der Waals surface area (Å²) in [5.41, 5.74) is 1.46. The maximum atomic E-state index is 9.79. The molecule has 1 aromatic heterocycles. The van der Waals surface area contributed by atoms with E-state index in [2.05, 4.69) is 4.98 Å². The highest BCUT2D eigenvalue weighted by atomic mass is 32.1. The average molecular weight is 243 g/mol. The van der Waals surface area contributed by atoms with E-state index < -0.39 is 0 Å². The fraction of sp³-hybridized carbons (Fsp3) is 0. The topological polar surface area (TPSA) is 53.4 Å². The van der Waals surface area contributed by atoms with E-state index in [1.165, 1.54) is 17.4 Å². The van der Waals surface area contributed by atoms with Gasteiger partial charge in [-0.05, 0) is 24.3 Å². The molecule has 2 N–H and O–H groups in total. The van der Waals surface area contributed by atoms with Crippen LogP contribution in [0.4, 0.5) is 0 Å². The van der Waals surface area contributed by atoms with Crippen molar-refractivity contribution in [1.82, 2.24) is 4.98 Å². The monoisotopic (exact) mass is 243 g/mol. The van der Waals surface area contributed by atoms with Gasteiger partial charge < -0.3 is 10.2 Å². The number of phenols is 2. The van der Waals surface area contributed by atoms with Crippen LogP contribution in [0.25, 0.3) is 20.8 Å². The summed E-state index contributed by atoms with van der Waals surface area (Å²) in [6, 6.07) is 12.7. The Morgan fingerprint density at radius 2 is 1.76 bits per heavy atom. The number of hydrogen-bond acceptors (Lipinski definition) is 4. The number of hydrogen-bond donors (Lipinski definition) is 2. The van der Waals surface area contributed by atoms with Gasteiger partial charge in [0.15, 0.2) is 11.5 Å². The molecule has 0 aliphatic rings. The van der Waals surface area contributed by atoms with Gasteiger partial charge in [-0.25, -0.2) is 4.98 Å². The van der Waals surface area contributed by atoms with Crippen LogP contribution in [-0.2, 0) is 0 Å². The first-order chi connectivity index (χ1) is 8.25. The van der Waals surface area contributed by atoms with E-state index in [0.717, 1.165) is 10.2 Å². The molecule has 0 atom stereocenters. The van der Waals surface area contributed by atoms with E-state index in [9.17, 15) is 10.2 Å². The Kier molecular flexibility index (Phi) is 2.23. The van der Waals surface area contributed by atoms with Crippen LogP contribution in [0.15, 0.2) is 42.5 Å². The van der Waals surface area contributed by atoms with Crippen LogP contribution in [0.2, 0.25) is 0 Å². The van der Waals surface area contributed by atoms with E-state index >= 15 is 0 Å². The van der Waals surface area contributed by atoms with Gasteiger partial charge in [0.1, 0.15) is 5.01 Å². The van der Waals surface area contributed by atoms with Crippen molar-refractivity contribution in [2.75, 3.05) is 0 Å². The Bertz CT molecular complexity index is 658. The van der Waals surface area contributed by atoms with E-state index in [4.69, 9.17) is 0 Å². The maximum absolute atomic E-state index is 9.79. The third-order valence-electron chi connectivity index (χ3n) is 2.54. The molecular weight excluding hydrogens is 234 g/mol. The summed E-state index contributed by atoms with van der Waals surface area (Å²) in [6.45, 7) is 0. The van der Waals surface area contributed by atoms with Gasteiger partial charge in [0, 0.05) is 0 Å². The van der Waals surface area contributed by atoms with E-state index in [0.29, 0.717) is 10.6 Å². The summed E-state index contributed by atoms with van der Waals surface area (Å²) >= 11 is 1.49. The summed E-state index contributed by atoms with van der Waals surface area (Å²) in [7, 11) is 0. The Morgan fingerprint density at radius 3 is 2.59 bits per heavy atom. The molecule has 2 aromatic carbocycles. The van der Waals surface area contributed by atoms with Crippen molar-refractivity contribution in [3.05, 3.63) is 42.5 Å². The molecule has 0 aliphatic carbocycles. The van der Waals surface area contributed by atoms with Crippen LogP contribution in [0.5, 0.6) is 11.5 Å². The molecule has 0 saturated carbocycles. The number of rotatable bonds is 1. The highest BCUT2D eigenvalue weighted by molar-refractivity contribution is 7.21. The van der Waals surface area contributed by atoms with E-state index in [1.807, 2.05) is 24.3 Å². The number of para-hydroxylation sites is 2. The van der Waals surface area contributed by atoms with Crippen molar-refractivity contribution < 1.29 is 10.2 Å². The lowest BCUT2D eigenvalue weighted by Crippen LogP contribution is -1.77. The smallest absolute Gasteiger partial charge is 0.167 e. The van der Waals surface area contributed by atoms with Crippen molar-refractivity contribution in [3.63, 3.8) is 0 Å². The van der Waals surface area contributed by atoms with Gasteiger partial charge in [0.2, 0.25) is 0 Å². The Hall–Kier alpha value is -2.07. The molecule has 0 radical (unpaired) electrons. The molecular formula is C13H9NO2S. The number of phenolic OH excluding ortho intramolecular Hbond substituents is 2. The summed E-state index contributed by atoms with van der Waals surface area (Å²) in [5.74, 6) is -0.242. The summed E-state index contributed by atoms with van der Waals surface area (Å²) in [6.07, 6.45) is 0. The average Bonchev–Trinajstić information content (AvgIpc) is 2.76. The van der Waals surface area contributed by atoms with Gasteiger partial charge in [0.05, 0.1) is 15.8 Å². The van der Waals surface area contributed by atoms with Crippen LogP contribution in [0.1, 0.15) is 0 Å². The predicted molar refractivity (Wildman–Crippen MR) is 68.4 cm³/mol. The van der Waals surface area contributed by atoms with Gasteiger partial charge in [0.25, 0.3) is 0 Å². The number of aromatic hydroxyl groups is 2. The van der Waals surface area contributed by atoms with Gasteiger partial charge in [-0.15, -0.1) is 11.3 Å². The largest absolute Gasteiger partial charge is 0.504 e. The fourth-order valence-corrected chi connectivity index (χ4v) is 2.68. The Morgan fingerprint density at radius 1 is 0.941 bits per heavy atom. The highest BCUT2D eigenvalue weighted by Crippen LogP contribution is 2.39. The number of benzene rings is 2. The number of thiazole rings is 1. The van der Waals surface area contributed by atoms with Crippen LogP contribution >= 0.6 is 11.3 Å². The van der Waals surface area contributed by atoms with Crippen molar-refractivity contribution >= 4 is 21.6 Å². The van der Waals surface area contributed by atoms with Gasteiger partial charge in [-0.3, -0.25) is 0 Å². The number of fused-ring (bicyclic) bond motifs is 1. The molecule has 3 nitrogen and oxygen atoms in total. The summed E-state index contributed by atoms with van der Waals surface area (Å²) in [5, 5.41) is 20.0.